The second-order valence-corrected chi connectivity index (χ2v) is 3.93. The molecular formula is C13H18N4. The fraction of sp³-hybridized carbons (Fsp3) is 0.308. The maximum Gasteiger partial charge on any atom is 0.203 e. The Balaban J connectivity index is 1.92. The molecule has 0 atom stereocenters. The molecule has 0 saturated heterocycles. The summed E-state index contributed by atoms with van der Waals surface area (Å²) in [4.78, 5) is 4.30. The number of nitrogens with two attached hydrogens (primary N) is 1. The Kier molecular flexibility index (Phi) is 4.16. The van der Waals surface area contributed by atoms with Crippen molar-refractivity contribution in [2.24, 2.45) is 5.73 Å². The molecule has 90 valence electrons. The van der Waals surface area contributed by atoms with Crippen LogP contribution in [0.15, 0.2) is 42.7 Å². The molecule has 1 heterocycles. The van der Waals surface area contributed by atoms with E-state index in [-0.39, 0.29) is 0 Å². The van der Waals surface area contributed by atoms with E-state index in [1.54, 1.807) is 0 Å². The van der Waals surface area contributed by atoms with Crippen LogP contribution < -0.4 is 11.1 Å². The number of nitrogens with one attached hydrogen (secondary N) is 1. The minimum Gasteiger partial charge on any atom is -0.352 e. The van der Waals surface area contributed by atoms with Crippen molar-refractivity contribution in [3.8, 4) is 0 Å². The zero-order valence-electron chi connectivity index (χ0n) is 9.84. The first-order valence-corrected chi connectivity index (χ1v) is 5.89. The molecule has 0 aliphatic rings. The summed E-state index contributed by atoms with van der Waals surface area (Å²) in [5.41, 5.74) is 6.76. The molecule has 17 heavy (non-hydrogen) atoms. The molecule has 0 radical (unpaired) electrons. The van der Waals surface area contributed by atoms with E-state index in [2.05, 4.69) is 27.0 Å². The fourth-order valence-corrected chi connectivity index (χ4v) is 1.70. The van der Waals surface area contributed by atoms with Crippen molar-refractivity contribution in [3.05, 3.63) is 48.3 Å². The first kappa shape index (κ1) is 11.7. The topological polar surface area (TPSA) is 55.9 Å². The highest BCUT2D eigenvalue weighted by atomic mass is 15.2. The zero-order chi connectivity index (χ0) is 11.9. The summed E-state index contributed by atoms with van der Waals surface area (Å²) in [5.74, 6) is 0.905. The maximum atomic E-state index is 5.51. The molecule has 0 amide bonds. The highest BCUT2D eigenvalue weighted by Crippen LogP contribution is 2.07. The molecule has 3 N–H and O–H groups in total. The third-order valence-electron chi connectivity index (χ3n) is 2.61. The molecule has 0 aliphatic carbocycles. The molecule has 2 rings (SSSR count). The number of anilines is 1. The van der Waals surface area contributed by atoms with Gasteiger partial charge < -0.3 is 15.6 Å². The Bertz CT molecular complexity index is 436. The second kappa shape index (κ2) is 6.06. The van der Waals surface area contributed by atoms with Crippen molar-refractivity contribution < 1.29 is 0 Å². The summed E-state index contributed by atoms with van der Waals surface area (Å²) in [7, 11) is 0. The summed E-state index contributed by atoms with van der Waals surface area (Å²) in [6.45, 7) is 2.41. The SMILES string of the molecule is NCCCn1ccnc1NCc1ccccc1. The first-order valence-electron chi connectivity index (χ1n) is 5.89. The van der Waals surface area contributed by atoms with Gasteiger partial charge in [-0.2, -0.15) is 0 Å². The van der Waals surface area contributed by atoms with Crippen LogP contribution >= 0.6 is 0 Å². The predicted octanol–water partition coefficient (Wildman–Crippen LogP) is 1.84. The largest absolute Gasteiger partial charge is 0.352 e. The van der Waals surface area contributed by atoms with Crippen molar-refractivity contribution in [1.82, 2.24) is 9.55 Å². The van der Waals surface area contributed by atoms with Crippen molar-refractivity contribution in [3.63, 3.8) is 0 Å². The number of nitrogens with zero attached hydrogens (tertiary/aromatic N) is 2. The summed E-state index contributed by atoms with van der Waals surface area (Å²) in [5, 5.41) is 3.33. The van der Waals surface area contributed by atoms with Gasteiger partial charge in [-0.25, -0.2) is 4.98 Å². The third-order valence-corrected chi connectivity index (χ3v) is 2.61. The molecule has 0 fully saturated rings. The van der Waals surface area contributed by atoms with Crippen LogP contribution in [0.1, 0.15) is 12.0 Å². The molecule has 1 aromatic heterocycles. The van der Waals surface area contributed by atoms with Crippen molar-refractivity contribution in [2.45, 2.75) is 19.5 Å². The van der Waals surface area contributed by atoms with Crippen molar-refractivity contribution >= 4 is 5.95 Å². The molecule has 4 nitrogen and oxygen atoms in total. The van der Waals surface area contributed by atoms with E-state index < -0.39 is 0 Å². The minimum absolute atomic E-state index is 0.705. The van der Waals surface area contributed by atoms with Crippen molar-refractivity contribution in [2.75, 3.05) is 11.9 Å². The number of hydrogen-bond donors (Lipinski definition) is 2. The van der Waals surface area contributed by atoms with Gasteiger partial charge in [0.1, 0.15) is 0 Å². The molecule has 0 spiro atoms. The molecule has 1 aromatic carbocycles. The minimum atomic E-state index is 0.705. The lowest BCUT2D eigenvalue weighted by Gasteiger charge is -2.09. The Morgan fingerprint density at radius 3 is 2.82 bits per heavy atom. The van der Waals surface area contributed by atoms with Crippen LogP contribution in [0.25, 0.3) is 0 Å². The average molecular weight is 230 g/mol. The van der Waals surface area contributed by atoms with Crippen LogP contribution in [0.5, 0.6) is 0 Å². The van der Waals surface area contributed by atoms with Gasteiger partial charge in [0, 0.05) is 25.5 Å². The molecule has 0 unspecified atom stereocenters. The van der Waals surface area contributed by atoms with Crippen LogP contribution in [-0.4, -0.2) is 16.1 Å². The Morgan fingerprint density at radius 1 is 1.24 bits per heavy atom. The summed E-state index contributed by atoms with van der Waals surface area (Å²) < 4.78 is 2.09. The van der Waals surface area contributed by atoms with Gasteiger partial charge in [-0.05, 0) is 18.5 Å². The third kappa shape index (κ3) is 3.32. The molecule has 2 aromatic rings. The molecule has 4 heteroatoms. The molecule has 0 saturated carbocycles. The van der Waals surface area contributed by atoms with E-state index in [9.17, 15) is 0 Å². The standard InChI is InChI=1S/C13H18N4/c14-7-4-9-17-10-8-15-13(17)16-11-12-5-2-1-3-6-12/h1-3,5-6,8,10H,4,7,9,11,14H2,(H,15,16). The molecule has 0 aliphatic heterocycles. The Labute approximate surface area is 101 Å². The van der Waals surface area contributed by atoms with Crippen LogP contribution in [0.3, 0.4) is 0 Å². The lowest BCUT2D eigenvalue weighted by molar-refractivity contribution is 0.653. The van der Waals surface area contributed by atoms with Gasteiger partial charge in [-0.3, -0.25) is 0 Å². The van der Waals surface area contributed by atoms with Gasteiger partial charge in [-0.15, -0.1) is 0 Å². The second-order valence-electron chi connectivity index (χ2n) is 3.93. The number of hydrogen-bond acceptors (Lipinski definition) is 3. The highest BCUT2D eigenvalue weighted by Gasteiger charge is 2.01. The van der Waals surface area contributed by atoms with E-state index in [0.717, 1.165) is 25.5 Å². The number of rotatable bonds is 6. The Morgan fingerprint density at radius 2 is 2.06 bits per heavy atom. The van der Waals surface area contributed by atoms with Gasteiger partial charge in [0.15, 0.2) is 0 Å². The first-order chi connectivity index (χ1) is 8.40. The Hall–Kier alpha value is -1.81. The van der Waals surface area contributed by atoms with E-state index in [1.807, 2.05) is 30.6 Å². The van der Waals surface area contributed by atoms with Crippen LogP contribution in [-0.2, 0) is 13.1 Å². The number of imidazole rings is 1. The van der Waals surface area contributed by atoms with E-state index in [0.29, 0.717) is 6.54 Å². The van der Waals surface area contributed by atoms with Gasteiger partial charge in [0.05, 0.1) is 0 Å². The summed E-state index contributed by atoms with van der Waals surface area (Å²) in [6, 6.07) is 10.3. The maximum absolute atomic E-state index is 5.51. The van der Waals surface area contributed by atoms with Crippen LogP contribution in [0.2, 0.25) is 0 Å². The number of benzene rings is 1. The van der Waals surface area contributed by atoms with E-state index >= 15 is 0 Å². The lowest BCUT2D eigenvalue weighted by atomic mass is 10.2. The molecule has 0 bridgehead atoms. The van der Waals surface area contributed by atoms with Crippen molar-refractivity contribution in [1.29, 1.82) is 0 Å². The van der Waals surface area contributed by atoms with Crippen LogP contribution in [0, 0.1) is 0 Å². The van der Waals surface area contributed by atoms with E-state index in [4.69, 9.17) is 5.73 Å². The quantitative estimate of drug-likeness (QED) is 0.796. The highest BCUT2D eigenvalue weighted by molar-refractivity contribution is 5.28. The normalized spacial score (nSPS) is 10.4. The monoisotopic (exact) mass is 230 g/mol. The molecular weight excluding hydrogens is 212 g/mol. The van der Waals surface area contributed by atoms with Gasteiger partial charge in [-0.1, -0.05) is 30.3 Å². The summed E-state index contributed by atoms with van der Waals surface area (Å²) in [6.07, 6.45) is 4.75. The van der Waals surface area contributed by atoms with Crippen LogP contribution in [0.4, 0.5) is 5.95 Å². The number of aromatic nitrogens is 2. The predicted molar refractivity (Wildman–Crippen MR) is 69.7 cm³/mol. The zero-order valence-corrected chi connectivity index (χ0v) is 9.84. The van der Waals surface area contributed by atoms with Gasteiger partial charge >= 0.3 is 0 Å². The lowest BCUT2D eigenvalue weighted by Crippen LogP contribution is -2.10. The van der Waals surface area contributed by atoms with E-state index in [1.165, 1.54) is 5.56 Å². The number of aryl methyl sites for hydroxylation is 1. The average Bonchev–Trinajstić information content (AvgIpc) is 2.82. The van der Waals surface area contributed by atoms with Gasteiger partial charge in [0.25, 0.3) is 0 Å². The summed E-state index contributed by atoms with van der Waals surface area (Å²) >= 11 is 0. The fourth-order valence-electron chi connectivity index (χ4n) is 1.70. The van der Waals surface area contributed by atoms with Gasteiger partial charge in [0.2, 0.25) is 5.95 Å². The smallest absolute Gasteiger partial charge is 0.203 e.